The first kappa shape index (κ1) is 24.8. The van der Waals surface area contributed by atoms with Crippen LogP contribution in [0.1, 0.15) is 6.42 Å². The lowest BCUT2D eigenvalue weighted by molar-refractivity contribution is 0.392. The second kappa shape index (κ2) is 10.6. The SMILES string of the molecule is Bc1cnn2c(NCCCNS(=O)(=O)c3cc(OC)ccc3OC)cc(-c3ccccc3Cl)nc12. The number of benzene rings is 2. The van der Waals surface area contributed by atoms with Crippen LogP contribution in [-0.4, -0.2) is 58.2 Å². The van der Waals surface area contributed by atoms with Crippen molar-refractivity contribution in [2.75, 3.05) is 32.6 Å². The van der Waals surface area contributed by atoms with Crippen molar-refractivity contribution in [3.05, 3.63) is 59.8 Å². The normalized spacial score (nSPS) is 11.5. The predicted octanol–water partition coefficient (Wildman–Crippen LogP) is 2.11. The maximum atomic E-state index is 12.8. The van der Waals surface area contributed by atoms with Crippen molar-refractivity contribution in [2.45, 2.75) is 11.3 Å². The van der Waals surface area contributed by atoms with Crippen LogP contribution in [0.4, 0.5) is 5.82 Å². The quantitative estimate of drug-likeness (QED) is 0.247. The van der Waals surface area contributed by atoms with Gasteiger partial charge in [0.15, 0.2) is 5.65 Å². The van der Waals surface area contributed by atoms with Crippen LogP contribution < -0.4 is 25.0 Å². The van der Waals surface area contributed by atoms with E-state index in [0.29, 0.717) is 23.7 Å². The summed E-state index contributed by atoms with van der Waals surface area (Å²) < 4.78 is 40.3. The molecule has 0 atom stereocenters. The Bertz CT molecular complexity index is 1460. The number of nitrogens with zero attached hydrogens (tertiary/aromatic N) is 3. The fourth-order valence-electron chi connectivity index (χ4n) is 3.59. The van der Waals surface area contributed by atoms with Crippen LogP contribution in [-0.2, 0) is 10.0 Å². The zero-order valence-electron chi connectivity index (χ0n) is 19.6. The summed E-state index contributed by atoms with van der Waals surface area (Å²) in [5.41, 5.74) is 3.19. The zero-order chi connectivity index (χ0) is 25.0. The lowest BCUT2D eigenvalue weighted by Gasteiger charge is -2.13. The van der Waals surface area contributed by atoms with Crippen molar-refractivity contribution in [1.82, 2.24) is 19.3 Å². The van der Waals surface area contributed by atoms with Gasteiger partial charge in [-0.2, -0.15) is 9.61 Å². The number of anilines is 1. The average molecular weight is 514 g/mol. The van der Waals surface area contributed by atoms with Crippen LogP contribution in [0, 0.1) is 0 Å². The van der Waals surface area contributed by atoms with Crippen LogP contribution in [0.5, 0.6) is 11.5 Å². The van der Waals surface area contributed by atoms with Gasteiger partial charge in [-0.1, -0.05) is 29.8 Å². The van der Waals surface area contributed by atoms with E-state index in [4.69, 9.17) is 26.1 Å². The molecule has 2 aromatic heterocycles. The Morgan fingerprint density at radius 1 is 1.09 bits per heavy atom. The van der Waals surface area contributed by atoms with Gasteiger partial charge in [-0.15, -0.1) is 0 Å². The maximum Gasteiger partial charge on any atom is 0.244 e. The van der Waals surface area contributed by atoms with E-state index in [9.17, 15) is 8.42 Å². The van der Waals surface area contributed by atoms with E-state index in [1.807, 2.05) is 38.2 Å². The van der Waals surface area contributed by atoms with Crippen LogP contribution in [0.25, 0.3) is 16.9 Å². The Labute approximate surface area is 209 Å². The van der Waals surface area contributed by atoms with Crippen molar-refractivity contribution >= 4 is 46.4 Å². The maximum absolute atomic E-state index is 12.8. The number of hydrogen-bond donors (Lipinski definition) is 2. The van der Waals surface area contributed by atoms with Crippen LogP contribution in [0.2, 0.25) is 5.02 Å². The molecule has 2 aromatic carbocycles. The fourth-order valence-corrected chi connectivity index (χ4v) is 5.08. The molecule has 2 N–H and O–H groups in total. The molecule has 0 amide bonds. The number of aromatic nitrogens is 3. The zero-order valence-corrected chi connectivity index (χ0v) is 21.2. The molecule has 12 heteroatoms. The van der Waals surface area contributed by atoms with Crippen molar-refractivity contribution in [3.8, 4) is 22.8 Å². The van der Waals surface area contributed by atoms with Gasteiger partial charge in [0.1, 0.15) is 30.1 Å². The molecule has 35 heavy (non-hydrogen) atoms. The molecule has 4 aromatic rings. The summed E-state index contributed by atoms with van der Waals surface area (Å²) >= 11 is 6.39. The fraction of sp³-hybridized carbons (Fsp3) is 0.217. The molecular formula is C23H25BClN5O4S. The molecule has 0 aliphatic rings. The first-order valence-electron chi connectivity index (χ1n) is 10.9. The number of fused-ring (bicyclic) bond motifs is 1. The molecular weight excluding hydrogens is 489 g/mol. The molecule has 182 valence electrons. The third-order valence-electron chi connectivity index (χ3n) is 5.41. The third-order valence-corrected chi connectivity index (χ3v) is 7.22. The Balaban J connectivity index is 1.46. The number of halogens is 1. The molecule has 0 radical (unpaired) electrons. The molecule has 2 heterocycles. The first-order valence-corrected chi connectivity index (χ1v) is 12.8. The minimum absolute atomic E-state index is 0.0274. The van der Waals surface area contributed by atoms with Crippen LogP contribution >= 0.6 is 11.6 Å². The highest BCUT2D eigenvalue weighted by Crippen LogP contribution is 2.29. The average Bonchev–Trinajstić information content (AvgIpc) is 3.24. The summed E-state index contributed by atoms with van der Waals surface area (Å²) in [6.45, 7) is 0.719. The number of methoxy groups -OCH3 is 2. The van der Waals surface area contributed by atoms with E-state index in [2.05, 4.69) is 15.1 Å². The summed E-state index contributed by atoms with van der Waals surface area (Å²) in [5, 5.41) is 8.35. The summed E-state index contributed by atoms with van der Waals surface area (Å²) in [6.07, 6.45) is 2.27. The second-order valence-electron chi connectivity index (χ2n) is 7.76. The summed E-state index contributed by atoms with van der Waals surface area (Å²) in [6, 6.07) is 14.0. The molecule has 9 nitrogen and oxygen atoms in total. The van der Waals surface area contributed by atoms with E-state index >= 15 is 0 Å². The highest BCUT2D eigenvalue weighted by Gasteiger charge is 2.20. The van der Waals surface area contributed by atoms with E-state index in [0.717, 1.165) is 28.2 Å². The Hall–Kier alpha value is -3.28. The smallest absolute Gasteiger partial charge is 0.244 e. The molecule has 4 rings (SSSR count). The van der Waals surface area contributed by atoms with Gasteiger partial charge in [-0.05, 0) is 30.1 Å². The van der Waals surface area contributed by atoms with Gasteiger partial charge < -0.3 is 14.8 Å². The van der Waals surface area contributed by atoms with Gasteiger partial charge in [-0.25, -0.2) is 18.1 Å². The van der Waals surface area contributed by atoms with Crippen LogP contribution in [0.15, 0.2) is 59.6 Å². The summed E-state index contributed by atoms with van der Waals surface area (Å²) in [4.78, 5) is 4.76. The number of hydrogen-bond acceptors (Lipinski definition) is 7. The molecule has 0 saturated heterocycles. The largest absolute Gasteiger partial charge is 0.497 e. The molecule has 0 unspecified atom stereocenters. The van der Waals surface area contributed by atoms with Gasteiger partial charge in [0.05, 0.1) is 19.9 Å². The van der Waals surface area contributed by atoms with E-state index in [-0.39, 0.29) is 17.2 Å². The van der Waals surface area contributed by atoms with Crippen LogP contribution in [0.3, 0.4) is 0 Å². The standard InChI is InChI=1S/C23H25BClN5O4S/c1-33-15-8-9-20(34-2)21(12-15)35(31,32)28-11-5-10-26-22-13-19(16-6-3-4-7-18(16)25)29-23-17(24)14-27-30(22)23/h3-4,6-9,12-14,26,28H,5,10-11,24H2,1-2H3. The molecule has 0 spiro atoms. The molecule has 0 saturated carbocycles. The Kier molecular flexibility index (Phi) is 7.49. The number of ether oxygens (including phenoxy) is 2. The van der Waals surface area contributed by atoms with Crippen molar-refractivity contribution < 1.29 is 17.9 Å². The van der Waals surface area contributed by atoms with Crippen molar-refractivity contribution in [1.29, 1.82) is 0 Å². The highest BCUT2D eigenvalue weighted by molar-refractivity contribution is 7.89. The minimum Gasteiger partial charge on any atom is -0.497 e. The van der Waals surface area contributed by atoms with Gasteiger partial charge in [0.2, 0.25) is 10.0 Å². The van der Waals surface area contributed by atoms with E-state index in [1.165, 1.54) is 20.3 Å². The topological polar surface area (TPSA) is 107 Å². The second-order valence-corrected chi connectivity index (χ2v) is 9.91. The molecule has 0 aliphatic carbocycles. The van der Waals surface area contributed by atoms with E-state index in [1.54, 1.807) is 22.8 Å². The number of rotatable bonds is 10. The number of sulfonamides is 1. The molecule has 0 aliphatic heterocycles. The first-order chi connectivity index (χ1) is 16.8. The van der Waals surface area contributed by atoms with Gasteiger partial charge in [0, 0.05) is 42.0 Å². The van der Waals surface area contributed by atoms with Gasteiger partial charge >= 0.3 is 0 Å². The van der Waals surface area contributed by atoms with Crippen molar-refractivity contribution in [3.63, 3.8) is 0 Å². The number of nitrogens with one attached hydrogen (secondary N) is 2. The molecule has 0 fully saturated rings. The Morgan fingerprint density at radius 2 is 1.89 bits per heavy atom. The third kappa shape index (κ3) is 5.37. The lowest BCUT2D eigenvalue weighted by atomic mass is 10.0. The lowest BCUT2D eigenvalue weighted by Crippen LogP contribution is -2.26. The molecule has 0 bridgehead atoms. The predicted molar refractivity (Wildman–Crippen MR) is 139 cm³/mol. The van der Waals surface area contributed by atoms with Gasteiger partial charge in [0.25, 0.3) is 0 Å². The van der Waals surface area contributed by atoms with Crippen molar-refractivity contribution in [2.24, 2.45) is 0 Å². The Morgan fingerprint density at radius 3 is 2.63 bits per heavy atom. The summed E-state index contributed by atoms with van der Waals surface area (Å²) in [5.74, 6) is 1.41. The van der Waals surface area contributed by atoms with E-state index < -0.39 is 10.0 Å². The minimum atomic E-state index is -3.78. The highest BCUT2D eigenvalue weighted by atomic mass is 35.5. The van der Waals surface area contributed by atoms with Gasteiger partial charge in [-0.3, -0.25) is 0 Å². The monoisotopic (exact) mass is 513 g/mol. The summed E-state index contributed by atoms with van der Waals surface area (Å²) in [7, 11) is 1.06.